The van der Waals surface area contributed by atoms with E-state index in [4.69, 9.17) is 0 Å². The van der Waals surface area contributed by atoms with Crippen LogP contribution in [0.15, 0.2) is 48.8 Å². The molecule has 0 spiro atoms. The van der Waals surface area contributed by atoms with Crippen LogP contribution in [0.1, 0.15) is 54.7 Å². The van der Waals surface area contributed by atoms with Crippen molar-refractivity contribution in [2.24, 2.45) is 0 Å². The number of benzene rings is 1. The molecule has 2 aromatic heterocycles. The Bertz CT molecular complexity index is 961. The Hall–Kier alpha value is -2.71. The van der Waals surface area contributed by atoms with Gasteiger partial charge in [-0.3, -0.25) is 14.8 Å². The van der Waals surface area contributed by atoms with Crippen LogP contribution in [0.3, 0.4) is 0 Å². The molecular formula is C23H28FN7. The third-order valence-electron chi connectivity index (χ3n) is 6.55. The first-order valence-corrected chi connectivity index (χ1v) is 11.2. The molecule has 8 heteroatoms. The molecular weight excluding hydrogens is 393 g/mol. The smallest absolute Gasteiger partial charge is 0.173 e. The second kappa shape index (κ2) is 9.20. The fourth-order valence-electron chi connectivity index (χ4n) is 4.88. The molecule has 1 aliphatic heterocycles. The van der Waals surface area contributed by atoms with Crippen LogP contribution in [0.4, 0.5) is 4.39 Å². The third-order valence-corrected chi connectivity index (χ3v) is 6.55. The van der Waals surface area contributed by atoms with Gasteiger partial charge in [0.25, 0.3) is 0 Å². The van der Waals surface area contributed by atoms with Gasteiger partial charge in [-0.05, 0) is 58.7 Å². The van der Waals surface area contributed by atoms with Crippen molar-refractivity contribution >= 4 is 0 Å². The summed E-state index contributed by atoms with van der Waals surface area (Å²) in [6.07, 6.45) is 8.37. The monoisotopic (exact) mass is 421 g/mol. The summed E-state index contributed by atoms with van der Waals surface area (Å²) < 4.78 is 15.7. The maximum atomic E-state index is 13.6. The van der Waals surface area contributed by atoms with Gasteiger partial charge in [0.1, 0.15) is 5.82 Å². The molecule has 1 aliphatic carbocycles. The van der Waals surface area contributed by atoms with E-state index in [0.717, 1.165) is 57.0 Å². The molecule has 162 valence electrons. The predicted octanol–water partition coefficient (Wildman–Crippen LogP) is 3.23. The van der Waals surface area contributed by atoms with Crippen LogP contribution in [0.5, 0.6) is 0 Å². The molecule has 2 fully saturated rings. The molecule has 0 bridgehead atoms. The predicted molar refractivity (Wildman–Crippen MR) is 115 cm³/mol. The van der Waals surface area contributed by atoms with Crippen molar-refractivity contribution in [1.29, 1.82) is 0 Å². The molecule has 0 unspecified atom stereocenters. The van der Waals surface area contributed by atoms with Crippen molar-refractivity contribution in [1.82, 2.24) is 35.0 Å². The topological polar surface area (TPSA) is 63.0 Å². The van der Waals surface area contributed by atoms with Crippen LogP contribution in [0, 0.1) is 5.82 Å². The van der Waals surface area contributed by atoms with Crippen molar-refractivity contribution in [3.05, 3.63) is 71.6 Å². The van der Waals surface area contributed by atoms with Crippen molar-refractivity contribution < 1.29 is 4.39 Å². The van der Waals surface area contributed by atoms with E-state index >= 15 is 0 Å². The van der Waals surface area contributed by atoms with Gasteiger partial charge in [0.2, 0.25) is 0 Å². The van der Waals surface area contributed by atoms with E-state index in [-0.39, 0.29) is 11.9 Å². The minimum atomic E-state index is -0.222. The van der Waals surface area contributed by atoms with Gasteiger partial charge >= 0.3 is 0 Å². The quantitative estimate of drug-likeness (QED) is 0.609. The van der Waals surface area contributed by atoms with Crippen molar-refractivity contribution in [2.75, 3.05) is 26.2 Å². The highest BCUT2D eigenvalue weighted by Gasteiger charge is 2.33. The van der Waals surface area contributed by atoms with Crippen LogP contribution >= 0.6 is 0 Å². The highest BCUT2D eigenvalue weighted by atomic mass is 19.1. The lowest BCUT2D eigenvalue weighted by molar-refractivity contribution is 0.0993. The first-order valence-electron chi connectivity index (χ1n) is 11.2. The molecule has 1 aromatic carbocycles. The van der Waals surface area contributed by atoms with Gasteiger partial charge in [-0.15, -0.1) is 5.10 Å². The van der Waals surface area contributed by atoms with Crippen molar-refractivity contribution in [3.63, 3.8) is 0 Å². The van der Waals surface area contributed by atoms with Gasteiger partial charge in [-0.2, -0.15) is 0 Å². The van der Waals surface area contributed by atoms with Gasteiger partial charge in [-0.25, -0.2) is 9.07 Å². The molecule has 0 amide bonds. The van der Waals surface area contributed by atoms with Crippen LogP contribution in [-0.4, -0.2) is 61.2 Å². The Morgan fingerprint density at radius 1 is 0.935 bits per heavy atom. The summed E-state index contributed by atoms with van der Waals surface area (Å²) in [4.78, 5) is 9.01. The lowest BCUT2D eigenvalue weighted by atomic mass is 10.0. The number of rotatable bonds is 6. The fraction of sp³-hybridized carbons (Fsp3) is 0.478. The zero-order chi connectivity index (χ0) is 21.0. The van der Waals surface area contributed by atoms with Gasteiger partial charge in [0.15, 0.2) is 5.82 Å². The summed E-state index contributed by atoms with van der Waals surface area (Å²) in [5.74, 6) is 0.654. The molecule has 1 saturated heterocycles. The maximum absolute atomic E-state index is 13.6. The number of tetrazole rings is 1. The Labute approximate surface area is 181 Å². The second-order valence-electron chi connectivity index (χ2n) is 8.54. The summed E-state index contributed by atoms with van der Waals surface area (Å²) in [6.45, 7) is 4.67. The Morgan fingerprint density at radius 2 is 1.65 bits per heavy atom. The minimum Gasteiger partial charge on any atom is -0.297 e. The SMILES string of the molecule is Fc1ccc([C@@H](c2nnnn2C2CCCC2)N2CCN(Cc3ccncc3)CC2)cc1. The Kier molecular flexibility index (Phi) is 5.99. The largest absolute Gasteiger partial charge is 0.297 e. The normalized spacial score (nSPS) is 19.6. The van der Waals surface area contributed by atoms with Crippen LogP contribution in [0.25, 0.3) is 0 Å². The average Bonchev–Trinajstić information content (AvgIpc) is 3.49. The second-order valence-corrected chi connectivity index (χ2v) is 8.54. The van der Waals surface area contributed by atoms with E-state index < -0.39 is 0 Å². The molecule has 7 nitrogen and oxygen atoms in total. The van der Waals surface area contributed by atoms with E-state index in [0.29, 0.717) is 6.04 Å². The van der Waals surface area contributed by atoms with Crippen molar-refractivity contribution in [2.45, 2.75) is 44.3 Å². The average molecular weight is 422 g/mol. The zero-order valence-electron chi connectivity index (χ0n) is 17.6. The third kappa shape index (κ3) is 4.50. The van der Waals surface area contributed by atoms with E-state index in [1.165, 1.54) is 30.5 Å². The van der Waals surface area contributed by atoms with E-state index in [1.807, 2.05) is 29.2 Å². The molecule has 3 aromatic rings. The lowest BCUT2D eigenvalue weighted by Crippen LogP contribution is -2.48. The molecule has 3 heterocycles. The van der Waals surface area contributed by atoms with Gasteiger partial charge < -0.3 is 0 Å². The number of aromatic nitrogens is 5. The number of hydrogen-bond donors (Lipinski definition) is 0. The number of nitrogens with zero attached hydrogens (tertiary/aromatic N) is 7. The molecule has 1 atom stereocenters. The van der Waals surface area contributed by atoms with Gasteiger partial charge in [0, 0.05) is 45.1 Å². The molecule has 2 aliphatic rings. The standard InChI is InChI=1S/C23H28FN7/c24-20-7-5-19(6-8-20)22(23-26-27-28-31(23)21-3-1-2-4-21)30-15-13-29(14-16-30)17-18-9-11-25-12-10-18/h5-12,21-22H,1-4,13-17H2/t22-/m0/s1. The summed E-state index contributed by atoms with van der Waals surface area (Å²) >= 11 is 0. The van der Waals surface area contributed by atoms with Crippen LogP contribution in [-0.2, 0) is 6.54 Å². The van der Waals surface area contributed by atoms with E-state index in [9.17, 15) is 4.39 Å². The molecule has 1 saturated carbocycles. The highest BCUT2D eigenvalue weighted by molar-refractivity contribution is 5.26. The van der Waals surface area contributed by atoms with Crippen LogP contribution in [0.2, 0.25) is 0 Å². The highest BCUT2D eigenvalue weighted by Crippen LogP contribution is 2.34. The van der Waals surface area contributed by atoms with Gasteiger partial charge in [-0.1, -0.05) is 25.0 Å². The Balaban J connectivity index is 1.37. The molecule has 0 N–H and O–H groups in total. The summed E-state index contributed by atoms with van der Waals surface area (Å²) in [5.41, 5.74) is 2.32. The molecule has 31 heavy (non-hydrogen) atoms. The summed E-state index contributed by atoms with van der Waals surface area (Å²) in [6, 6.07) is 11.2. The van der Waals surface area contributed by atoms with Crippen molar-refractivity contribution in [3.8, 4) is 0 Å². The Morgan fingerprint density at radius 3 is 2.35 bits per heavy atom. The molecule has 0 radical (unpaired) electrons. The maximum Gasteiger partial charge on any atom is 0.173 e. The lowest BCUT2D eigenvalue weighted by Gasteiger charge is -2.39. The number of piperazine rings is 1. The first kappa shape index (κ1) is 20.2. The van der Waals surface area contributed by atoms with Gasteiger partial charge in [0.05, 0.1) is 12.1 Å². The number of halogens is 1. The first-order chi connectivity index (χ1) is 15.3. The van der Waals surface area contributed by atoms with E-state index in [1.54, 1.807) is 0 Å². The van der Waals surface area contributed by atoms with Crippen LogP contribution < -0.4 is 0 Å². The van der Waals surface area contributed by atoms with E-state index in [2.05, 4.69) is 42.4 Å². The summed E-state index contributed by atoms with van der Waals surface area (Å²) in [7, 11) is 0. The molecule has 5 rings (SSSR count). The minimum absolute atomic E-state index is 0.0701. The zero-order valence-corrected chi connectivity index (χ0v) is 17.6. The fourth-order valence-corrected chi connectivity index (χ4v) is 4.88. The summed E-state index contributed by atoms with van der Waals surface area (Å²) in [5, 5.41) is 12.9. The number of pyridine rings is 1. The number of hydrogen-bond acceptors (Lipinski definition) is 6.